The van der Waals surface area contributed by atoms with Crippen LogP contribution >= 0.6 is 15.9 Å². The van der Waals surface area contributed by atoms with E-state index in [1.54, 1.807) is 7.11 Å². The molecule has 0 bridgehead atoms. The average Bonchev–Trinajstić information content (AvgIpc) is 2.35. The summed E-state index contributed by atoms with van der Waals surface area (Å²) >= 11 is 3.61. The summed E-state index contributed by atoms with van der Waals surface area (Å²) < 4.78 is 6.39. The highest BCUT2D eigenvalue weighted by atomic mass is 79.9. The van der Waals surface area contributed by atoms with Crippen LogP contribution in [0.15, 0.2) is 28.2 Å². The van der Waals surface area contributed by atoms with E-state index < -0.39 is 0 Å². The lowest BCUT2D eigenvalue weighted by Crippen LogP contribution is -2.37. The fourth-order valence-corrected chi connectivity index (χ4v) is 2.11. The van der Waals surface area contributed by atoms with Gasteiger partial charge in [-0.15, -0.1) is 0 Å². The molecule has 0 aliphatic rings. The Morgan fingerprint density at radius 3 is 2.50 bits per heavy atom. The molecular formula is C17H26BrNO. The molecule has 0 heterocycles. The van der Waals surface area contributed by atoms with Crippen molar-refractivity contribution >= 4 is 22.0 Å². The van der Waals surface area contributed by atoms with Crippen molar-refractivity contribution in [2.45, 2.75) is 40.2 Å². The van der Waals surface area contributed by atoms with Gasteiger partial charge in [0.15, 0.2) is 0 Å². The maximum atomic E-state index is 5.30. The highest BCUT2D eigenvalue weighted by molar-refractivity contribution is 9.10. The monoisotopic (exact) mass is 339 g/mol. The van der Waals surface area contributed by atoms with E-state index in [0.717, 1.165) is 22.3 Å². The molecule has 0 unspecified atom stereocenters. The smallest absolute Gasteiger partial charge is 0.119 e. The first-order chi connectivity index (χ1) is 9.23. The van der Waals surface area contributed by atoms with Gasteiger partial charge in [0.25, 0.3) is 0 Å². The minimum absolute atomic E-state index is 0.125. The quantitative estimate of drug-likeness (QED) is 0.824. The van der Waals surface area contributed by atoms with Crippen LogP contribution in [0.25, 0.3) is 6.08 Å². The standard InChI is InChI=1S/C17H26BrNO/c1-12(2)14(11-19-17(3,4)5)9-13-10-15(20-6)7-8-16(13)18/h7-10,12,19H,11H2,1-6H3/b14-9-. The van der Waals surface area contributed by atoms with Gasteiger partial charge in [-0.25, -0.2) is 0 Å². The van der Waals surface area contributed by atoms with Gasteiger partial charge in [0.2, 0.25) is 0 Å². The summed E-state index contributed by atoms with van der Waals surface area (Å²) in [6.07, 6.45) is 2.25. The highest BCUT2D eigenvalue weighted by Crippen LogP contribution is 2.26. The van der Waals surface area contributed by atoms with Crippen LogP contribution in [0.5, 0.6) is 5.75 Å². The number of hydrogen-bond donors (Lipinski definition) is 1. The van der Waals surface area contributed by atoms with E-state index in [1.165, 1.54) is 5.57 Å². The molecule has 1 N–H and O–H groups in total. The summed E-state index contributed by atoms with van der Waals surface area (Å²) in [7, 11) is 1.70. The third-order valence-electron chi connectivity index (χ3n) is 3.11. The normalized spacial score (nSPS) is 12.9. The van der Waals surface area contributed by atoms with E-state index in [-0.39, 0.29) is 5.54 Å². The second kappa shape index (κ2) is 7.28. The Balaban J connectivity index is 3.01. The van der Waals surface area contributed by atoms with Crippen molar-refractivity contribution in [2.24, 2.45) is 5.92 Å². The fourth-order valence-electron chi connectivity index (χ4n) is 1.75. The van der Waals surface area contributed by atoms with Gasteiger partial charge >= 0.3 is 0 Å². The molecule has 0 radical (unpaired) electrons. The van der Waals surface area contributed by atoms with Crippen molar-refractivity contribution in [3.8, 4) is 5.75 Å². The zero-order chi connectivity index (χ0) is 15.3. The first-order valence-corrected chi connectivity index (χ1v) is 7.81. The molecule has 0 saturated carbocycles. The summed E-state index contributed by atoms with van der Waals surface area (Å²) in [5.74, 6) is 1.38. The topological polar surface area (TPSA) is 21.3 Å². The van der Waals surface area contributed by atoms with Gasteiger partial charge in [0, 0.05) is 16.6 Å². The van der Waals surface area contributed by atoms with Crippen LogP contribution in [-0.4, -0.2) is 19.2 Å². The number of nitrogens with one attached hydrogen (secondary N) is 1. The Morgan fingerprint density at radius 1 is 1.35 bits per heavy atom. The number of hydrogen-bond acceptors (Lipinski definition) is 2. The van der Waals surface area contributed by atoms with Crippen LogP contribution in [0.2, 0.25) is 0 Å². The van der Waals surface area contributed by atoms with Crippen molar-refractivity contribution in [3.05, 3.63) is 33.8 Å². The van der Waals surface area contributed by atoms with Gasteiger partial charge in [0.05, 0.1) is 7.11 Å². The molecule has 0 aliphatic carbocycles. The van der Waals surface area contributed by atoms with Gasteiger partial charge in [-0.1, -0.05) is 41.4 Å². The molecule has 0 atom stereocenters. The second-order valence-corrected chi connectivity index (χ2v) is 7.22. The van der Waals surface area contributed by atoms with E-state index >= 15 is 0 Å². The van der Waals surface area contributed by atoms with Gasteiger partial charge in [0.1, 0.15) is 5.75 Å². The van der Waals surface area contributed by atoms with Crippen LogP contribution in [0.4, 0.5) is 0 Å². The summed E-state index contributed by atoms with van der Waals surface area (Å²) in [6, 6.07) is 6.05. The minimum Gasteiger partial charge on any atom is -0.497 e. The summed E-state index contributed by atoms with van der Waals surface area (Å²) in [4.78, 5) is 0. The lowest BCUT2D eigenvalue weighted by atomic mass is 9.98. The molecule has 3 heteroatoms. The largest absolute Gasteiger partial charge is 0.497 e. The number of rotatable bonds is 5. The number of halogens is 1. The first kappa shape index (κ1) is 17.3. The van der Waals surface area contributed by atoms with Crippen molar-refractivity contribution in [2.75, 3.05) is 13.7 Å². The minimum atomic E-state index is 0.125. The third kappa shape index (κ3) is 5.68. The molecule has 0 aliphatic heterocycles. The second-order valence-electron chi connectivity index (χ2n) is 6.36. The van der Waals surface area contributed by atoms with Crippen molar-refractivity contribution in [1.82, 2.24) is 5.32 Å². The Bertz CT molecular complexity index is 472. The first-order valence-electron chi connectivity index (χ1n) is 7.02. The predicted octanol–water partition coefficient (Wildman–Crippen LogP) is 4.89. The molecule has 0 aromatic heterocycles. The summed E-state index contributed by atoms with van der Waals surface area (Å²) in [5, 5.41) is 3.56. The molecule has 0 fully saturated rings. The Labute approximate surface area is 131 Å². The summed E-state index contributed by atoms with van der Waals surface area (Å²) in [6.45, 7) is 11.9. The third-order valence-corrected chi connectivity index (χ3v) is 3.83. The van der Waals surface area contributed by atoms with Crippen LogP contribution in [0.1, 0.15) is 40.2 Å². The van der Waals surface area contributed by atoms with Crippen LogP contribution in [0, 0.1) is 5.92 Å². The Kier molecular flexibility index (Phi) is 6.28. The van der Waals surface area contributed by atoms with E-state index in [4.69, 9.17) is 4.74 Å². The zero-order valence-electron chi connectivity index (χ0n) is 13.4. The Morgan fingerprint density at radius 2 is 2.00 bits per heavy atom. The predicted molar refractivity (Wildman–Crippen MR) is 91.3 cm³/mol. The molecule has 2 nitrogen and oxygen atoms in total. The number of methoxy groups -OCH3 is 1. The van der Waals surface area contributed by atoms with Crippen molar-refractivity contribution in [1.29, 1.82) is 0 Å². The van der Waals surface area contributed by atoms with E-state index in [2.05, 4.69) is 68.0 Å². The maximum absolute atomic E-state index is 5.30. The van der Waals surface area contributed by atoms with E-state index in [1.807, 2.05) is 12.1 Å². The van der Waals surface area contributed by atoms with Crippen molar-refractivity contribution in [3.63, 3.8) is 0 Å². The van der Waals surface area contributed by atoms with Gasteiger partial charge in [-0.2, -0.15) is 0 Å². The lowest BCUT2D eigenvalue weighted by Gasteiger charge is -2.23. The maximum Gasteiger partial charge on any atom is 0.119 e. The molecular weight excluding hydrogens is 314 g/mol. The fraction of sp³-hybridized carbons (Fsp3) is 0.529. The van der Waals surface area contributed by atoms with E-state index in [9.17, 15) is 0 Å². The molecule has 1 aromatic rings. The SMILES string of the molecule is COc1ccc(Br)c(/C=C(/CNC(C)(C)C)C(C)C)c1. The van der Waals surface area contributed by atoms with Gasteiger partial charge in [-0.3, -0.25) is 0 Å². The molecule has 0 spiro atoms. The van der Waals surface area contributed by atoms with E-state index in [0.29, 0.717) is 5.92 Å². The molecule has 1 rings (SSSR count). The molecule has 112 valence electrons. The molecule has 20 heavy (non-hydrogen) atoms. The molecule has 0 saturated heterocycles. The van der Waals surface area contributed by atoms with Gasteiger partial charge in [-0.05, 0) is 50.5 Å². The average molecular weight is 340 g/mol. The highest BCUT2D eigenvalue weighted by Gasteiger charge is 2.12. The summed E-state index contributed by atoms with van der Waals surface area (Å²) in [5.41, 5.74) is 2.66. The van der Waals surface area contributed by atoms with Crippen molar-refractivity contribution < 1.29 is 4.74 Å². The Hall–Kier alpha value is -0.800. The lowest BCUT2D eigenvalue weighted by molar-refractivity contribution is 0.414. The zero-order valence-corrected chi connectivity index (χ0v) is 15.0. The number of ether oxygens (including phenoxy) is 1. The molecule has 1 aromatic carbocycles. The number of benzene rings is 1. The van der Waals surface area contributed by atoms with Crippen LogP contribution in [-0.2, 0) is 0 Å². The molecule has 0 amide bonds. The van der Waals surface area contributed by atoms with Crippen LogP contribution < -0.4 is 10.1 Å². The van der Waals surface area contributed by atoms with Crippen LogP contribution in [0.3, 0.4) is 0 Å². The van der Waals surface area contributed by atoms with Gasteiger partial charge < -0.3 is 10.1 Å².